The van der Waals surface area contributed by atoms with E-state index in [1.165, 1.54) is 5.56 Å². The molecule has 2 aromatic rings. The molecule has 26 heavy (non-hydrogen) atoms. The Hall–Kier alpha value is -2.24. The summed E-state index contributed by atoms with van der Waals surface area (Å²) in [4.78, 5) is 11.9. The highest BCUT2D eigenvalue weighted by atomic mass is 35.5. The highest BCUT2D eigenvalue weighted by molar-refractivity contribution is 6.30. The first-order chi connectivity index (χ1) is 12.6. The largest absolute Gasteiger partial charge is 0.493 e. The van der Waals surface area contributed by atoms with E-state index in [4.69, 9.17) is 21.1 Å². The number of ether oxygens (including phenoxy) is 2. The molecule has 0 saturated heterocycles. The van der Waals surface area contributed by atoms with Gasteiger partial charge in [-0.2, -0.15) is 0 Å². The van der Waals surface area contributed by atoms with Crippen molar-refractivity contribution in [2.24, 2.45) is 0 Å². The van der Waals surface area contributed by atoms with Gasteiger partial charge in [-0.1, -0.05) is 29.8 Å². The molecule has 0 fully saturated rings. The molecule has 0 aliphatic rings. The number of methoxy groups -OCH3 is 2. The van der Waals surface area contributed by atoms with Gasteiger partial charge in [0, 0.05) is 11.6 Å². The molecule has 2 aromatic carbocycles. The molecular weight excluding hydrogens is 352 g/mol. The molecule has 0 unspecified atom stereocenters. The second-order valence-corrected chi connectivity index (χ2v) is 6.28. The van der Waals surface area contributed by atoms with Crippen LogP contribution in [0.3, 0.4) is 0 Å². The third-order valence-electron chi connectivity index (χ3n) is 3.97. The van der Waals surface area contributed by atoms with Gasteiger partial charge in [0.2, 0.25) is 5.91 Å². The van der Waals surface area contributed by atoms with Gasteiger partial charge in [0.15, 0.2) is 11.5 Å². The van der Waals surface area contributed by atoms with Gasteiger partial charge >= 0.3 is 0 Å². The fourth-order valence-corrected chi connectivity index (χ4v) is 2.66. The highest BCUT2D eigenvalue weighted by Gasteiger charge is 2.05. The lowest BCUT2D eigenvalue weighted by Gasteiger charge is -2.10. The van der Waals surface area contributed by atoms with Crippen LogP contribution in [0.25, 0.3) is 0 Å². The van der Waals surface area contributed by atoms with Crippen LogP contribution in [0.2, 0.25) is 5.02 Å². The Morgan fingerprint density at radius 2 is 1.58 bits per heavy atom. The van der Waals surface area contributed by atoms with E-state index in [1.54, 1.807) is 14.2 Å². The van der Waals surface area contributed by atoms with Crippen molar-refractivity contribution >= 4 is 17.5 Å². The van der Waals surface area contributed by atoms with Crippen LogP contribution in [-0.2, 0) is 17.6 Å². The Morgan fingerprint density at radius 3 is 2.27 bits per heavy atom. The molecule has 1 amide bonds. The molecule has 0 bridgehead atoms. The minimum atomic E-state index is -0.0124. The van der Waals surface area contributed by atoms with Crippen LogP contribution >= 0.6 is 11.6 Å². The molecule has 0 radical (unpaired) electrons. The van der Waals surface area contributed by atoms with Gasteiger partial charge in [0.05, 0.1) is 20.8 Å². The maximum absolute atomic E-state index is 11.9. The minimum absolute atomic E-state index is 0.0124. The van der Waals surface area contributed by atoms with Crippen LogP contribution in [0.15, 0.2) is 42.5 Å². The molecule has 0 aromatic heterocycles. The van der Waals surface area contributed by atoms with Crippen LogP contribution in [0.4, 0.5) is 0 Å². The number of hydrogen-bond acceptors (Lipinski definition) is 4. The van der Waals surface area contributed by atoms with E-state index < -0.39 is 0 Å². The van der Waals surface area contributed by atoms with Crippen LogP contribution in [0.1, 0.15) is 11.1 Å². The normalized spacial score (nSPS) is 10.4. The summed E-state index contributed by atoms with van der Waals surface area (Å²) in [7, 11) is 3.22. The standard InChI is InChI=1S/C20H25ClN2O3/c1-25-18-8-5-16(13-19(18)26-2)10-12-23-20(24)14-22-11-9-15-3-6-17(21)7-4-15/h3-8,13,22H,9-12,14H2,1-2H3,(H,23,24). The molecule has 6 heteroatoms. The zero-order valence-corrected chi connectivity index (χ0v) is 15.9. The van der Waals surface area contributed by atoms with E-state index in [2.05, 4.69) is 10.6 Å². The average Bonchev–Trinajstić information content (AvgIpc) is 2.66. The second-order valence-electron chi connectivity index (χ2n) is 5.84. The molecule has 0 atom stereocenters. The lowest BCUT2D eigenvalue weighted by molar-refractivity contribution is -0.120. The number of rotatable bonds is 10. The quantitative estimate of drug-likeness (QED) is 0.626. The Balaban J connectivity index is 1.63. The Kier molecular flexibility index (Phi) is 8.25. The van der Waals surface area contributed by atoms with Crippen LogP contribution in [-0.4, -0.2) is 39.8 Å². The Morgan fingerprint density at radius 1 is 0.923 bits per heavy atom. The average molecular weight is 377 g/mol. The number of halogens is 1. The summed E-state index contributed by atoms with van der Waals surface area (Å²) in [5, 5.41) is 6.79. The molecular formula is C20H25ClN2O3. The first-order valence-electron chi connectivity index (χ1n) is 8.55. The zero-order valence-electron chi connectivity index (χ0n) is 15.2. The summed E-state index contributed by atoms with van der Waals surface area (Å²) in [6.07, 6.45) is 1.59. The number of hydrogen-bond donors (Lipinski definition) is 2. The maximum atomic E-state index is 11.9. The lowest BCUT2D eigenvalue weighted by atomic mass is 10.1. The SMILES string of the molecule is COc1ccc(CCNC(=O)CNCCc2ccc(Cl)cc2)cc1OC. The summed E-state index contributed by atoms with van der Waals surface area (Å²) >= 11 is 5.86. The van der Waals surface area contributed by atoms with E-state index in [0.29, 0.717) is 24.6 Å². The van der Waals surface area contributed by atoms with Gasteiger partial charge in [0.25, 0.3) is 0 Å². The molecule has 2 rings (SSSR count). The van der Waals surface area contributed by atoms with Crippen LogP contribution in [0.5, 0.6) is 11.5 Å². The lowest BCUT2D eigenvalue weighted by Crippen LogP contribution is -2.35. The molecule has 0 heterocycles. The van der Waals surface area contributed by atoms with Gasteiger partial charge in [-0.15, -0.1) is 0 Å². The van der Waals surface area contributed by atoms with Gasteiger partial charge in [-0.05, 0) is 54.8 Å². The fraction of sp³-hybridized carbons (Fsp3) is 0.350. The zero-order chi connectivity index (χ0) is 18.8. The van der Waals surface area contributed by atoms with Gasteiger partial charge < -0.3 is 20.1 Å². The third-order valence-corrected chi connectivity index (χ3v) is 4.23. The summed E-state index contributed by atoms with van der Waals surface area (Å²) in [6.45, 7) is 1.62. The van der Waals surface area contributed by atoms with Crippen molar-refractivity contribution in [1.29, 1.82) is 0 Å². The number of amides is 1. The van der Waals surface area contributed by atoms with Crippen molar-refractivity contribution in [2.45, 2.75) is 12.8 Å². The van der Waals surface area contributed by atoms with E-state index in [-0.39, 0.29) is 5.91 Å². The van der Waals surface area contributed by atoms with E-state index in [0.717, 1.165) is 30.0 Å². The molecule has 5 nitrogen and oxygen atoms in total. The summed E-state index contributed by atoms with van der Waals surface area (Å²) in [5.74, 6) is 1.38. The number of nitrogens with one attached hydrogen (secondary N) is 2. The highest BCUT2D eigenvalue weighted by Crippen LogP contribution is 2.27. The fourth-order valence-electron chi connectivity index (χ4n) is 2.53. The Bertz CT molecular complexity index is 705. The third kappa shape index (κ3) is 6.58. The minimum Gasteiger partial charge on any atom is -0.493 e. The number of carbonyl (C=O) groups is 1. The Labute approximate surface area is 159 Å². The monoisotopic (exact) mass is 376 g/mol. The first kappa shape index (κ1) is 20.1. The van der Waals surface area contributed by atoms with Crippen molar-refractivity contribution in [1.82, 2.24) is 10.6 Å². The van der Waals surface area contributed by atoms with Crippen LogP contribution < -0.4 is 20.1 Å². The molecule has 140 valence electrons. The predicted molar refractivity (Wildman–Crippen MR) is 104 cm³/mol. The molecule has 0 aliphatic heterocycles. The van der Waals surface area contributed by atoms with Crippen molar-refractivity contribution < 1.29 is 14.3 Å². The van der Waals surface area contributed by atoms with Gasteiger partial charge in [0.1, 0.15) is 0 Å². The summed E-state index contributed by atoms with van der Waals surface area (Å²) < 4.78 is 10.5. The smallest absolute Gasteiger partial charge is 0.233 e. The molecule has 0 spiro atoms. The maximum Gasteiger partial charge on any atom is 0.233 e. The number of carbonyl (C=O) groups excluding carboxylic acids is 1. The molecule has 0 saturated carbocycles. The van der Waals surface area contributed by atoms with Gasteiger partial charge in [-0.3, -0.25) is 4.79 Å². The van der Waals surface area contributed by atoms with Crippen LogP contribution in [0, 0.1) is 0 Å². The van der Waals surface area contributed by atoms with E-state index in [1.807, 2.05) is 42.5 Å². The topological polar surface area (TPSA) is 59.6 Å². The second kappa shape index (κ2) is 10.7. The van der Waals surface area contributed by atoms with Crippen molar-refractivity contribution in [3.63, 3.8) is 0 Å². The van der Waals surface area contributed by atoms with Crippen molar-refractivity contribution in [3.05, 3.63) is 58.6 Å². The summed E-state index contributed by atoms with van der Waals surface area (Å²) in [6, 6.07) is 13.5. The van der Waals surface area contributed by atoms with E-state index in [9.17, 15) is 4.79 Å². The van der Waals surface area contributed by atoms with Crippen molar-refractivity contribution in [3.8, 4) is 11.5 Å². The predicted octanol–water partition coefficient (Wildman–Crippen LogP) is 2.85. The molecule has 2 N–H and O–H groups in total. The number of benzene rings is 2. The van der Waals surface area contributed by atoms with Gasteiger partial charge in [-0.25, -0.2) is 0 Å². The van der Waals surface area contributed by atoms with E-state index >= 15 is 0 Å². The first-order valence-corrected chi connectivity index (χ1v) is 8.93. The molecule has 0 aliphatic carbocycles. The summed E-state index contributed by atoms with van der Waals surface area (Å²) in [5.41, 5.74) is 2.27. The van der Waals surface area contributed by atoms with Crippen molar-refractivity contribution in [2.75, 3.05) is 33.9 Å².